The van der Waals surface area contributed by atoms with Gasteiger partial charge in [-0.1, -0.05) is 0 Å². The van der Waals surface area contributed by atoms with Gasteiger partial charge in [0.25, 0.3) is 0 Å². The first-order chi connectivity index (χ1) is 10.5. The summed E-state index contributed by atoms with van der Waals surface area (Å²) in [5.41, 5.74) is -3.10. The smallest absolute Gasteiger partial charge is 0.213 e. The van der Waals surface area contributed by atoms with Gasteiger partial charge in [0.1, 0.15) is 11.5 Å². The van der Waals surface area contributed by atoms with Gasteiger partial charge in [0, 0.05) is 14.1 Å². The highest BCUT2D eigenvalue weighted by Gasteiger charge is 2.51. The summed E-state index contributed by atoms with van der Waals surface area (Å²) >= 11 is 0. The fourth-order valence-electron chi connectivity index (χ4n) is 2.00. The Bertz CT molecular complexity index is 748. The molecule has 0 fully saturated rings. The number of Topliss-reactive ketones (excluding diaryl/α,β-unsaturated/α-hetero) is 1. The number of ketones is 1. The lowest BCUT2D eigenvalue weighted by Crippen LogP contribution is -2.38. The van der Waals surface area contributed by atoms with Crippen molar-refractivity contribution in [3.8, 4) is 24.3 Å². The van der Waals surface area contributed by atoms with Crippen molar-refractivity contribution in [1.29, 1.82) is 21.0 Å². The van der Waals surface area contributed by atoms with Gasteiger partial charge in [-0.15, -0.1) is 0 Å². The molecule has 1 aliphatic carbocycles. The highest BCUT2D eigenvalue weighted by Crippen LogP contribution is 2.39. The number of rotatable bonds is 3. The topological polar surface area (TPSA) is 157 Å². The van der Waals surface area contributed by atoms with Crippen LogP contribution in [0.4, 0.5) is 0 Å². The molecule has 1 aliphatic rings. The second-order valence-electron chi connectivity index (χ2n) is 4.19. The molecule has 0 saturated carbocycles. The van der Waals surface area contributed by atoms with Crippen LogP contribution in [-0.2, 0) is 4.79 Å². The third-order valence-corrected chi connectivity index (χ3v) is 3.18. The molecular weight excluding hydrogens is 284 g/mol. The van der Waals surface area contributed by atoms with Gasteiger partial charge in [-0.25, -0.2) is 0 Å². The molecular formula is C14H10N6O2. The fraction of sp³-hybridized carbons (Fsp3) is 0.286. The Morgan fingerprint density at radius 3 is 2.18 bits per heavy atom. The minimum absolute atomic E-state index is 0.0553. The summed E-state index contributed by atoms with van der Waals surface area (Å²) in [6, 6.07) is 6.09. The van der Waals surface area contributed by atoms with Crippen LogP contribution in [0.1, 0.15) is 0 Å². The average molecular weight is 294 g/mol. The Morgan fingerprint density at radius 1 is 1.27 bits per heavy atom. The molecule has 0 saturated heterocycles. The van der Waals surface area contributed by atoms with E-state index in [1.807, 2.05) is 0 Å². The molecule has 0 aliphatic heterocycles. The SMILES string of the molecule is CN=C1C=C(NC)C(O)=C(C(C#N)(C#N)C(C#N)C#N)C1=O. The van der Waals surface area contributed by atoms with E-state index in [9.17, 15) is 20.4 Å². The second-order valence-corrected chi connectivity index (χ2v) is 4.19. The number of allylic oxidation sites excluding steroid dienone is 2. The molecule has 8 nitrogen and oxygen atoms in total. The average Bonchev–Trinajstić information content (AvgIpc) is 2.54. The number of nitrogens with one attached hydrogen (secondary N) is 1. The Kier molecular flexibility index (Phi) is 4.65. The highest BCUT2D eigenvalue weighted by atomic mass is 16.3. The third-order valence-electron chi connectivity index (χ3n) is 3.18. The van der Waals surface area contributed by atoms with Crippen LogP contribution in [0.5, 0.6) is 0 Å². The van der Waals surface area contributed by atoms with Crippen molar-refractivity contribution in [2.75, 3.05) is 14.1 Å². The van der Waals surface area contributed by atoms with Crippen LogP contribution in [0.25, 0.3) is 0 Å². The molecule has 0 unspecified atom stereocenters. The molecule has 0 aromatic carbocycles. The zero-order valence-corrected chi connectivity index (χ0v) is 11.7. The van der Waals surface area contributed by atoms with Crippen LogP contribution in [-0.4, -0.2) is 30.7 Å². The maximum atomic E-state index is 12.4. The molecule has 0 aromatic heterocycles. The molecule has 0 radical (unpaired) electrons. The van der Waals surface area contributed by atoms with Crippen molar-refractivity contribution in [3.63, 3.8) is 0 Å². The van der Waals surface area contributed by atoms with Crippen LogP contribution in [0, 0.1) is 56.7 Å². The van der Waals surface area contributed by atoms with Crippen molar-refractivity contribution in [3.05, 3.63) is 23.1 Å². The maximum Gasteiger partial charge on any atom is 0.213 e. The van der Waals surface area contributed by atoms with Gasteiger partial charge < -0.3 is 10.4 Å². The van der Waals surface area contributed by atoms with E-state index >= 15 is 0 Å². The van der Waals surface area contributed by atoms with Gasteiger partial charge in [-0.3, -0.25) is 9.79 Å². The minimum Gasteiger partial charge on any atom is -0.505 e. The number of carbonyl (C=O) groups excluding carboxylic acids is 1. The predicted octanol–water partition coefficient (Wildman–Crippen LogP) is 0.252. The standard InChI is InChI=1S/C14H10N6O2/c1-19-9-3-10(20-2)13(22)11(12(9)21)14(6-17,7-18)8(4-15)5-16/h3,8,19,21H,1-2H3. The van der Waals surface area contributed by atoms with Crippen LogP contribution in [0.2, 0.25) is 0 Å². The van der Waals surface area contributed by atoms with Gasteiger partial charge in [0.2, 0.25) is 11.2 Å². The summed E-state index contributed by atoms with van der Waals surface area (Å²) in [4.78, 5) is 16.1. The largest absolute Gasteiger partial charge is 0.505 e. The van der Waals surface area contributed by atoms with Gasteiger partial charge >= 0.3 is 0 Å². The maximum absolute atomic E-state index is 12.4. The lowest BCUT2D eigenvalue weighted by atomic mass is 9.69. The van der Waals surface area contributed by atoms with Crippen LogP contribution in [0.15, 0.2) is 28.1 Å². The van der Waals surface area contributed by atoms with Gasteiger partial charge in [-0.2, -0.15) is 21.0 Å². The van der Waals surface area contributed by atoms with Crippen LogP contribution in [0.3, 0.4) is 0 Å². The molecule has 0 bridgehead atoms. The highest BCUT2D eigenvalue weighted by molar-refractivity contribution is 6.51. The summed E-state index contributed by atoms with van der Waals surface area (Å²) < 4.78 is 0. The van der Waals surface area contributed by atoms with Crippen molar-refractivity contribution in [2.24, 2.45) is 16.3 Å². The van der Waals surface area contributed by atoms with Crippen molar-refractivity contribution in [2.45, 2.75) is 0 Å². The number of aliphatic hydroxyl groups excluding tert-OH is 1. The first-order valence-electron chi connectivity index (χ1n) is 5.94. The van der Waals surface area contributed by atoms with E-state index < -0.39 is 28.4 Å². The summed E-state index contributed by atoms with van der Waals surface area (Å²) in [6.07, 6.45) is 1.24. The summed E-state index contributed by atoms with van der Waals surface area (Å²) in [6.45, 7) is 0. The molecule has 0 atom stereocenters. The molecule has 108 valence electrons. The fourth-order valence-corrected chi connectivity index (χ4v) is 2.00. The Balaban J connectivity index is 3.83. The first-order valence-corrected chi connectivity index (χ1v) is 5.94. The Hall–Kier alpha value is -3.62. The quantitative estimate of drug-likeness (QED) is 0.706. The van der Waals surface area contributed by atoms with Crippen molar-refractivity contribution < 1.29 is 9.90 Å². The molecule has 0 spiro atoms. The van der Waals surface area contributed by atoms with E-state index in [2.05, 4.69) is 10.3 Å². The van der Waals surface area contributed by atoms with Gasteiger partial charge in [0.05, 0.1) is 35.5 Å². The molecule has 0 amide bonds. The first kappa shape index (κ1) is 16.4. The van der Waals surface area contributed by atoms with Crippen molar-refractivity contribution >= 4 is 11.5 Å². The number of hydrogen-bond donors (Lipinski definition) is 2. The summed E-state index contributed by atoms with van der Waals surface area (Å²) in [5, 5.41) is 49.6. The zero-order valence-electron chi connectivity index (χ0n) is 11.7. The molecule has 0 aromatic rings. The molecule has 22 heavy (non-hydrogen) atoms. The minimum atomic E-state index is -2.42. The lowest BCUT2D eigenvalue weighted by molar-refractivity contribution is -0.110. The summed E-state index contributed by atoms with van der Waals surface area (Å²) in [5.74, 6) is -3.28. The van der Waals surface area contributed by atoms with E-state index in [-0.39, 0.29) is 11.4 Å². The Morgan fingerprint density at radius 2 is 1.82 bits per heavy atom. The molecule has 2 N–H and O–H groups in total. The molecule has 8 heteroatoms. The van der Waals surface area contributed by atoms with E-state index in [1.165, 1.54) is 44.4 Å². The van der Waals surface area contributed by atoms with Gasteiger partial charge in [0.15, 0.2) is 5.92 Å². The number of likely N-dealkylation sites (N-methyl/N-ethyl adjacent to an activating group) is 1. The third kappa shape index (κ3) is 2.16. The Labute approximate surface area is 126 Å². The molecule has 0 heterocycles. The number of carbonyl (C=O) groups is 1. The predicted molar refractivity (Wildman–Crippen MR) is 73.5 cm³/mol. The van der Waals surface area contributed by atoms with E-state index in [4.69, 9.17) is 10.5 Å². The normalized spacial score (nSPS) is 16.4. The number of aliphatic imine (C=N–C) groups is 1. The number of hydrogen-bond acceptors (Lipinski definition) is 8. The molecule has 1 rings (SSSR count). The van der Waals surface area contributed by atoms with Crippen LogP contribution >= 0.6 is 0 Å². The van der Waals surface area contributed by atoms with E-state index in [0.717, 1.165) is 0 Å². The zero-order chi connectivity index (χ0) is 16.9. The number of nitrogens with zero attached hydrogens (tertiary/aromatic N) is 5. The van der Waals surface area contributed by atoms with Crippen LogP contribution < -0.4 is 5.32 Å². The van der Waals surface area contributed by atoms with Crippen molar-refractivity contribution in [1.82, 2.24) is 5.32 Å². The van der Waals surface area contributed by atoms with E-state index in [0.29, 0.717) is 0 Å². The van der Waals surface area contributed by atoms with E-state index in [1.54, 1.807) is 0 Å². The summed E-state index contributed by atoms with van der Waals surface area (Å²) in [7, 11) is 2.78. The number of nitriles is 4. The monoisotopic (exact) mass is 294 g/mol. The van der Waals surface area contributed by atoms with Gasteiger partial charge in [-0.05, 0) is 6.08 Å². The number of aliphatic hydroxyl groups is 1. The lowest BCUT2D eigenvalue weighted by Gasteiger charge is -2.26. The second kappa shape index (κ2) is 6.22.